The average molecular weight is 279 g/mol. The van der Waals surface area contributed by atoms with Crippen molar-refractivity contribution in [3.63, 3.8) is 0 Å². The highest BCUT2D eigenvalue weighted by molar-refractivity contribution is 6.31. The first-order valence-corrected chi connectivity index (χ1v) is 6.18. The summed E-state index contributed by atoms with van der Waals surface area (Å²) in [6.07, 6.45) is 0. The molecule has 0 amide bonds. The van der Waals surface area contributed by atoms with Crippen LogP contribution in [0.4, 0.5) is 13.2 Å². The van der Waals surface area contributed by atoms with Crippen LogP contribution in [0.3, 0.4) is 0 Å². The fraction of sp³-hybridized carbons (Fsp3) is 0.500. The van der Waals surface area contributed by atoms with Crippen LogP contribution in [-0.4, -0.2) is 31.1 Å². The number of benzene rings is 1. The molecule has 2 nitrogen and oxygen atoms in total. The van der Waals surface area contributed by atoms with Crippen molar-refractivity contribution in [2.45, 2.75) is 13.0 Å². The topological polar surface area (TPSA) is 15.3 Å². The molecule has 0 bridgehead atoms. The quantitative estimate of drug-likeness (QED) is 0.661. The second kappa shape index (κ2) is 5.47. The van der Waals surface area contributed by atoms with E-state index >= 15 is 0 Å². The highest BCUT2D eigenvalue weighted by Gasteiger charge is 2.25. The van der Waals surface area contributed by atoms with Crippen molar-refractivity contribution in [3.05, 3.63) is 34.1 Å². The van der Waals surface area contributed by atoms with E-state index < -0.39 is 22.5 Å². The second-order valence-electron chi connectivity index (χ2n) is 4.35. The van der Waals surface area contributed by atoms with Crippen LogP contribution >= 0.6 is 11.6 Å². The maximum atomic E-state index is 13.9. The maximum Gasteiger partial charge on any atom is 0.180 e. The van der Waals surface area contributed by atoms with Crippen molar-refractivity contribution >= 4 is 11.6 Å². The Kier molecular flexibility index (Phi) is 4.14. The number of hydrogen-bond acceptors (Lipinski definition) is 2. The van der Waals surface area contributed by atoms with Crippen molar-refractivity contribution < 1.29 is 13.2 Å². The summed E-state index contributed by atoms with van der Waals surface area (Å²) in [5.41, 5.74) is 0.0980. The molecule has 18 heavy (non-hydrogen) atoms. The van der Waals surface area contributed by atoms with Crippen LogP contribution in [0.5, 0.6) is 0 Å². The lowest BCUT2D eigenvalue weighted by Gasteiger charge is -2.33. The number of nitrogens with zero attached hydrogens (tertiary/aromatic N) is 1. The van der Waals surface area contributed by atoms with Gasteiger partial charge in [-0.25, -0.2) is 13.2 Å². The molecule has 0 aromatic heterocycles. The SMILES string of the molecule is CC(c1cc(F)c(F)c(Cl)c1F)N1CCNCC1. The summed E-state index contributed by atoms with van der Waals surface area (Å²) in [6.45, 7) is 4.82. The van der Waals surface area contributed by atoms with Gasteiger partial charge >= 0.3 is 0 Å². The molecule has 1 unspecified atom stereocenters. The van der Waals surface area contributed by atoms with Gasteiger partial charge in [-0.05, 0) is 13.0 Å². The fourth-order valence-corrected chi connectivity index (χ4v) is 2.36. The zero-order chi connectivity index (χ0) is 13.3. The summed E-state index contributed by atoms with van der Waals surface area (Å²) in [7, 11) is 0. The molecule has 2 rings (SSSR count). The third-order valence-corrected chi connectivity index (χ3v) is 3.61. The summed E-state index contributed by atoms with van der Waals surface area (Å²) in [4.78, 5) is 2.00. The van der Waals surface area contributed by atoms with Crippen molar-refractivity contribution in [2.75, 3.05) is 26.2 Å². The summed E-state index contributed by atoms with van der Waals surface area (Å²) in [6, 6.07) is 0.558. The van der Waals surface area contributed by atoms with E-state index in [0.29, 0.717) is 0 Å². The average Bonchev–Trinajstić information content (AvgIpc) is 2.41. The first-order chi connectivity index (χ1) is 8.52. The molecular weight excluding hydrogens is 265 g/mol. The van der Waals surface area contributed by atoms with Crippen LogP contribution in [0, 0.1) is 17.5 Å². The van der Waals surface area contributed by atoms with Crippen LogP contribution in [-0.2, 0) is 0 Å². The molecule has 1 N–H and O–H groups in total. The van der Waals surface area contributed by atoms with Gasteiger partial charge in [-0.15, -0.1) is 0 Å². The second-order valence-corrected chi connectivity index (χ2v) is 4.73. The van der Waals surface area contributed by atoms with Crippen molar-refractivity contribution in [2.24, 2.45) is 0 Å². The lowest BCUT2D eigenvalue weighted by atomic mass is 10.0. The minimum atomic E-state index is -1.33. The fourth-order valence-electron chi connectivity index (χ4n) is 2.16. The van der Waals surface area contributed by atoms with Crippen LogP contribution in [0.25, 0.3) is 0 Å². The van der Waals surface area contributed by atoms with Gasteiger partial charge in [0.25, 0.3) is 0 Å². The van der Waals surface area contributed by atoms with E-state index in [1.165, 1.54) is 0 Å². The third-order valence-electron chi connectivity index (χ3n) is 3.28. The molecule has 1 aliphatic heterocycles. The van der Waals surface area contributed by atoms with Crippen LogP contribution in [0.1, 0.15) is 18.5 Å². The molecule has 0 radical (unpaired) electrons. The Morgan fingerprint density at radius 2 is 1.83 bits per heavy atom. The highest BCUT2D eigenvalue weighted by Crippen LogP contribution is 2.30. The summed E-state index contributed by atoms with van der Waals surface area (Å²) in [5.74, 6) is -3.31. The molecule has 6 heteroatoms. The minimum Gasteiger partial charge on any atom is -0.314 e. The normalized spacial score (nSPS) is 18.9. The van der Waals surface area contributed by atoms with Crippen molar-refractivity contribution in [1.29, 1.82) is 0 Å². The molecule has 1 atom stereocenters. The van der Waals surface area contributed by atoms with E-state index in [0.717, 1.165) is 32.2 Å². The van der Waals surface area contributed by atoms with E-state index in [4.69, 9.17) is 11.6 Å². The van der Waals surface area contributed by atoms with E-state index in [1.807, 2.05) is 4.90 Å². The number of rotatable bonds is 2. The molecule has 0 spiro atoms. The maximum absolute atomic E-state index is 13.9. The Bertz CT molecular complexity index is 447. The van der Waals surface area contributed by atoms with Gasteiger partial charge in [0.15, 0.2) is 11.6 Å². The standard InChI is InChI=1S/C12H14ClF3N2/c1-7(18-4-2-17-3-5-18)8-6-9(14)12(16)10(13)11(8)15/h6-7,17H,2-5H2,1H3. The van der Waals surface area contributed by atoms with Gasteiger partial charge in [-0.3, -0.25) is 4.90 Å². The molecule has 1 fully saturated rings. The predicted molar refractivity (Wildman–Crippen MR) is 64.2 cm³/mol. The minimum absolute atomic E-state index is 0.0980. The predicted octanol–water partition coefficient (Wildman–Crippen LogP) is 2.72. The van der Waals surface area contributed by atoms with E-state index in [9.17, 15) is 13.2 Å². The molecule has 0 saturated carbocycles. The zero-order valence-corrected chi connectivity index (χ0v) is 10.7. The van der Waals surface area contributed by atoms with Crippen LogP contribution in [0.2, 0.25) is 5.02 Å². The molecule has 0 aliphatic carbocycles. The Balaban J connectivity index is 2.32. The number of piperazine rings is 1. The van der Waals surface area contributed by atoms with Crippen LogP contribution in [0.15, 0.2) is 6.07 Å². The molecule has 1 aromatic carbocycles. The molecule has 1 heterocycles. The van der Waals surface area contributed by atoms with Gasteiger partial charge in [0, 0.05) is 37.8 Å². The Labute approximate surface area is 109 Å². The van der Waals surface area contributed by atoms with Gasteiger partial charge in [0.2, 0.25) is 0 Å². The molecule has 1 aliphatic rings. The molecule has 1 aromatic rings. The summed E-state index contributed by atoms with van der Waals surface area (Å²) >= 11 is 5.45. The number of nitrogens with one attached hydrogen (secondary N) is 1. The lowest BCUT2D eigenvalue weighted by molar-refractivity contribution is 0.182. The summed E-state index contributed by atoms with van der Waals surface area (Å²) < 4.78 is 40.3. The largest absolute Gasteiger partial charge is 0.314 e. The van der Waals surface area contributed by atoms with E-state index in [2.05, 4.69) is 5.32 Å². The Hall–Kier alpha value is -0.780. The van der Waals surface area contributed by atoms with Gasteiger partial charge < -0.3 is 5.32 Å². The lowest BCUT2D eigenvalue weighted by Crippen LogP contribution is -2.44. The van der Waals surface area contributed by atoms with Crippen molar-refractivity contribution in [3.8, 4) is 0 Å². The highest BCUT2D eigenvalue weighted by atomic mass is 35.5. The number of hydrogen-bond donors (Lipinski definition) is 1. The molecule has 100 valence electrons. The van der Waals surface area contributed by atoms with Crippen LogP contribution < -0.4 is 5.32 Å². The monoisotopic (exact) mass is 278 g/mol. The van der Waals surface area contributed by atoms with Gasteiger partial charge in [-0.1, -0.05) is 11.6 Å². The van der Waals surface area contributed by atoms with Gasteiger partial charge in [0.1, 0.15) is 10.8 Å². The number of halogens is 4. The van der Waals surface area contributed by atoms with E-state index in [1.54, 1.807) is 6.92 Å². The first-order valence-electron chi connectivity index (χ1n) is 5.80. The van der Waals surface area contributed by atoms with Crippen molar-refractivity contribution in [1.82, 2.24) is 10.2 Å². The third kappa shape index (κ3) is 2.48. The smallest absolute Gasteiger partial charge is 0.180 e. The molecule has 1 saturated heterocycles. The summed E-state index contributed by atoms with van der Waals surface area (Å²) in [5, 5.41) is 2.40. The first kappa shape index (κ1) is 13.6. The molecular formula is C12H14ClF3N2. The zero-order valence-electron chi connectivity index (χ0n) is 9.94. The Morgan fingerprint density at radius 3 is 2.44 bits per heavy atom. The van der Waals surface area contributed by atoms with E-state index in [-0.39, 0.29) is 11.6 Å². The Morgan fingerprint density at radius 1 is 1.22 bits per heavy atom. The van der Waals surface area contributed by atoms with Gasteiger partial charge in [-0.2, -0.15) is 0 Å². The van der Waals surface area contributed by atoms with Gasteiger partial charge in [0.05, 0.1) is 0 Å².